The van der Waals surface area contributed by atoms with Crippen LogP contribution in [0.2, 0.25) is 0 Å². The lowest BCUT2D eigenvalue weighted by Crippen LogP contribution is -2.37. The molecule has 1 aliphatic rings. The van der Waals surface area contributed by atoms with Gasteiger partial charge in [-0.25, -0.2) is 12.7 Å². The Hall–Kier alpha value is -0.910. The first-order chi connectivity index (χ1) is 9.09. The molecule has 1 heterocycles. The molecule has 0 saturated carbocycles. The SMILES string of the molecule is CC(CS(=O)(=O)N1CCCNCC1)c1ccccc1. The van der Waals surface area contributed by atoms with E-state index in [1.54, 1.807) is 4.31 Å². The van der Waals surface area contributed by atoms with E-state index in [1.165, 1.54) is 0 Å². The van der Waals surface area contributed by atoms with E-state index < -0.39 is 10.0 Å². The molecule has 106 valence electrons. The number of nitrogens with zero attached hydrogens (tertiary/aromatic N) is 1. The third kappa shape index (κ3) is 4.03. The Labute approximate surface area is 115 Å². The van der Waals surface area contributed by atoms with Crippen LogP contribution in [0.25, 0.3) is 0 Å². The van der Waals surface area contributed by atoms with Crippen LogP contribution in [0.15, 0.2) is 30.3 Å². The molecule has 4 nitrogen and oxygen atoms in total. The molecule has 1 aromatic rings. The first-order valence-corrected chi connectivity index (χ1v) is 8.44. The van der Waals surface area contributed by atoms with Gasteiger partial charge in [-0.2, -0.15) is 0 Å². The highest BCUT2D eigenvalue weighted by Crippen LogP contribution is 2.19. The van der Waals surface area contributed by atoms with Gasteiger partial charge in [0.15, 0.2) is 0 Å². The predicted molar refractivity (Wildman–Crippen MR) is 77.7 cm³/mol. The molecule has 1 N–H and O–H groups in total. The first kappa shape index (κ1) is 14.5. The van der Waals surface area contributed by atoms with E-state index in [0.717, 1.165) is 25.1 Å². The number of hydrogen-bond donors (Lipinski definition) is 1. The molecule has 0 aliphatic carbocycles. The second kappa shape index (κ2) is 6.50. The predicted octanol–water partition coefficient (Wildman–Crippen LogP) is 1.42. The lowest BCUT2D eigenvalue weighted by Gasteiger charge is -2.22. The molecular formula is C14H22N2O2S. The van der Waals surface area contributed by atoms with E-state index in [-0.39, 0.29) is 11.7 Å². The van der Waals surface area contributed by atoms with Gasteiger partial charge >= 0.3 is 0 Å². The Kier molecular flexibility index (Phi) is 4.96. The number of nitrogens with one attached hydrogen (secondary N) is 1. The van der Waals surface area contributed by atoms with Gasteiger partial charge in [-0.15, -0.1) is 0 Å². The maximum absolute atomic E-state index is 12.4. The van der Waals surface area contributed by atoms with E-state index in [1.807, 2.05) is 37.3 Å². The zero-order valence-electron chi connectivity index (χ0n) is 11.4. The van der Waals surface area contributed by atoms with E-state index in [9.17, 15) is 8.42 Å². The summed E-state index contributed by atoms with van der Waals surface area (Å²) in [7, 11) is -3.16. The van der Waals surface area contributed by atoms with Crippen LogP contribution in [-0.2, 0) is 10.0 Å². The summed E-state index contributed by atoms with van der Waals surface area (Å²) in [5.74, 6) is 0.221. The smallest absolute Gasteiger partial charge is 0.214 e. The molecule has 1 aromatic carbocycles. The summed E-state index contributed by atoms with van der Waals surface area (Å²) in [5, 5.41) is 3.23. The van der Waals surface area contributed by atoms with Crippen molar-refractivity contribution in [1.29, 1.82) is 0 Å². The Morgan fingerprint density at radius 2 is 1.95 bits per heavy atom. The summed E-state index contributed by atoms with van der Waals surface area (Å²) in [6.45, 7) is 4.85. The molecule has 0 radical (unpaired) electrons. The maximum Gasteiger partial charge on any atom is 0.214 e. The molecule has 0 bridgehead atoms. The van der Waals surface area contributed by atoms with Crippen molar-refractivity contribution in [2.45, 2.75) is 19.3 Å². The summed E-state index contributed by atoms with van der Waals surface area (Å²) in [5.41, 5.74) is 1.08. The Bertz CT molecular complexity index is 479. The fourth-order valence-electron chi connectivity index (χ4n) is 2.40. The average molecular weight is 282 g/mol. The Morgan fingerprint density at radius 1 is 1.21 bits per heavy atom. The number of rotatable bonds is 4. The van der Waals surface area contributed by atoms with E-state index in [0.29, 0.717) is 13.1 Å². The van der Waals surface area contributed by atoms with Gasteiger partial charge in [0.05, 0.1) is 5.75 Å². The van der Waals surface area contributed by atoms with Gasteiger partial charge in [-0.1, -0.05) is 37.3 Å². The van der Waals surface area contributed by atoms with Gasteiger partial charge in [0.25, 0.3) is 0 Å². The normalized spacial score (nSPS) is 19.8. The van der Waals surface area contributed by atoms with Gasteiger partial charge in [-0.05, 0) is 24.4 Å². The van der Waals surface area contributed by atoms with Gasteiger partial charge < -0.3 is 5.32 Å². The summed E-state index contributed by atoms with van der Waals surface area (Å²) in [4.78, 5) is 0. The summed E-state index contributed by atoms with van der Waals surface area (Å²) < 4.78 is 26.5. The van der Waals surface area contributed by atoms with Gasteiger partial charge in [-0.3, -0.25) is 0 Å². The van der Waals surface area contributed by atoms with Crippen molar-refractivity contribution in [3.05, 3.63) is 35.9 Å². The second-order valence-corrected chi connectivity index (χ2v) is 7.11. The van der Waals surface area contributed by atoms with Crippen LogP contribution in [0.1, 0.15) is 24.8 Å². The summed E-state index contributed by atoms with van der Waals surface area (Å²) in [6.07, 6.45) is 0.888. The van der Waals surface area contributed by atoms with Crippen LogP contribution in [0.4, 0.5) is 0 Å². The van der Waals surface area contributed by atoms with E-state index in [2.05, 4.69) is 5.32 Å². The van der Waals surface area contributed by atoms with Crippen molar-refractivity contribution in [2.24, 2.45) is 0 Å². The topological polar surface area (TPSA) is 49.4 Å². The Balaban J connectivity index is 2.04. The van der Waals surface area contributed by atoms with E-state index in [4.69, 9.17) is 0 Å². The second-order valence-electron chi connectivity index (χ2n) is 5.09. The van der Waals surface area contributed by atoms with Crippen LogP contribution < -0.4 is 5.32 Å². The van der Waals surface area contributed by atoms with Crippen molar-refractivity contribution >= 4 is 10.0 Å². The maximum atomic E-state index is 12.4. The molecule has 2 rings (SSSR count). The quantitative estimate of drug-likeness (QED) is 0.908. The minimum absolute atomic E-state index is 0.0300. The summed E-state index contributed by atoms with van der Waals surface area (Å²) in [6, 6.07) is 9.84. The molecule has 1 saturated heterocycles. The molecule has 0 aromatic heterocycles. The van der Waals surface area contributed by atoms with Crippen molar-refractivity contribution in [2.75, 3.05) is 31.9 Å². The highest BCUT2D eigenvalue weighted by molar-refractivity contribution is 7.89. The third-order valence-electron chi connectivity index (χ3n) is 3.52. The highest BCUT2D eigenvalue weighted by atomic mass is 32.2. The van der Waals surface area contributed by atoms with Crippen LogP contribution in [0, 0.1) is 0 Å². The molecule has 5 heteroatoms. The molecule has 1 aliphatic heterocycles. The minimum Gasteiger partial charge on any atom is -0.315 e. The van der Waals surface area contributed by atoms with Crippen molar-refractivity contribution < 1.29 is 8.42 Å². The average Bonchev–Trinajstić information content (AvgIpc) is 2.68. The largest absolute Gasteiger partial charge is 0.315 e. The molecular weight excluding hydrogens is 260 g/mol. The third-order valence-corrected chi connectivity index (χ3v) is 5.59. The van der Waals surface area contributed by atoms with Crippen molar-refractivity contribution in [3.63, 3.8) is 0 Å². The zero-order chi connectivity index (χ0) is 13.7. The number of sulfonamides is 1. The first-order valence-electron chi connectivity index (χ1n) is 6.83. The monoisotopic (exact) mass is 282 g/mol. The number of benzene rings is 1. The highest BCUT2D eigenvalue weighted by Gasteiger charge is 2.25. The lowest BCUT2D eigenvalue weighted by molar-refractivity contribution is 0.429. The molecule has 0 spiro atoms. The van der Waals surface area contributed by atoms with Gasteiger partial charge in [0.1, 0.15) is 0 Å². The van der Waals surface area contributed by atoms with Crippen molar-refractivity contribution in [3.8, 4) is 0 Å². The molecule has 19 heavy (non-hydrogen) atoms. The van der Waals surface area contributed by atoms with Crippen LogP contribution >= 0.6 is 0 Å². The molecule has 1 unspecified atom stereocenters. The standard InChI is InChI=1S/C14H22N2O2S/c1-13(14-6-3-2-4-7-14)12-19(17,18)16-10-5-8-15-9-11-16/h2-4,6-7,13,15H,5,8-12H2,1H3. The zero-order valence-corrected chi connectivity index (χ0v) is 12.2. The lowest BCUT2D eigenvalue weighted by atomic mass is 10.0. The molecule has 0 amide bonds. The minimum atomic E-state index is -3.16. The van der Waals surface area contributed by atoms with Crippen LogP contribution in [0.3, 0.4) is 0 Å². The fraction of sp³-hybridized carbons (Fsp3) is 0.571. The number of hydrogen-bond acceptors (Lipinski definition) is 3. The van der Waals surface area contributed by atoms with E-state index >= 15 is 0 Å². The fourth-order valence-corrected chi connectivity index (χ4v) is 4.21. The molecule has 1 atom stereocenters. The van der Waals surface area contributed by atoms with Gasteiger partial charge in [0, 0.05) is 19.6 Å². The van der Waals surface area contributed by atoms with Crippen molar-refractivity contribution in [1.82, 2.24) is 9.62 Å². The summed E-state index contributed by atoms with van der Waals surface area (Å²) >= 11 is 0. The molecule has 1 fully saturated rings. The van der Waals surface area contributed by atoms with Crippen LogP contribution in [-0.4, -0.2) is 44.7 Å². The Morgan fingerprint density at radius 3 is 2.68 bits per heavy atom. The van der Waals surface area contributed by atoms with Crippen LogP contribution in [0.5, 0.6) is 0 Å². The van der Waals surface area contributed by atoms with Gasteiger partial charge in [0.2, 0.25) is 10.0 Å².